The number of carbonyl (C=O) groups is 1. The Hall–Kier alpha value is -2.01. The number of methoxy groups -OCH3 is 1. The lowest BCUT2D eigenvalue weighted by molar-refractivity contribution is 0.0601. The molecule has 1 aromatic carbocycles. The van der Waals surface area contributed by atoms with Crippen molar-refractivity contribution in [1.82, 2.24) is 0 Å². The third kappa shape index (κ3) is 5.33. The maximum Gasteiger partial charge on any atom is 0.341 e. The van der Waals surface area contributed by atoms with E-state index >= 15 is 0 Å². The lowest BCUT2D eigenvalue weighted by Crippen LogP contribution is -2.20. The van der Waals surface area contributed by atoms with Crippen molar-refractivity contribution in [1.29, 1.82) is 0 Å². The maximum absolute atomic E-state index is 12.4. The van der Waals surface area contributed by atoms with Crippen molar-refractivity contribution in [3.63, 3.8) is 0 Å². The van der Waals surface area contributed by atoms with Gasteiger partial charge in [-0.2, -0.15) is 0 Å². The van der Waals surface area contributed by atoms with Crippen LogP contribution >= 0.6 is 23.6 Å². The summed E-state index contributed by atoms with van der Waals surface area (Å²) in [5, 5.41) is 12.2. The predicted octanol–water partition coefficient (Wildman–Crippen LogP) is 3.65. The number of hydrogen-bond donors (Lipinski definition) is 3. The standard InChI is InChI=1S/C19H23N3O4S3/c1-26-18(23)16-14-6-4-2-3-5-7-15(14)28-17(16)22-19(27)21-12-8-10-13(11-9-12)29(20,24)25/h8-11H,2-7H2,1H3,(H2,20,24,25)(H2,21,22,27). The van der Waals surface area contributed by atoms with Gasteiger partial charge in [-0.05, 0) is 67.7 Å². The van der Waals surface area contributed by atoms with E-state index in [0.717, 1.165) is 37.7 Å². The molecule has 0 radical (unpaired) electrons. The molecule has 29 heavy (non-hydrogen) atoms. The average Bonchev–Trinajstić information content (AvgIpc) is 2.96. The molecule has 2 aromatic rings. The summed E-state index contributed by atoms with van der Waals surface area (Å²) >= 11 is 6.93. The molecule has 0 aliphatic heterocycles. The number of aryl methyl sites for hydroxylation is 1. The summed E-state index contributed by atoms with van der Waals surface area (Å²) in [5.41, 5.74) is 2.22. The van der Waals surface area contributed by atoms with E-state index in [1.165, 1.54) is 41.9 Å². The number of fused-ring (bicyclic) bond motifs is 1. The molecule has 0 bridgehead atoms. The number of nitrogens with two attached hydrogens (primary N) is 1. The largest absolute Gasteiger partial charge is 0.465 e. The summed E-state index contributed by atoms with van der Waals surface area (Å²) in [6.45, 7) is 0. The van der Waals surface area contributed by atoms with Crippen molar-refractivity contribution in [2.24, 2.45) is 5.14 Å². The van der Waals surface area contributed by atoms with Gasteiger partial charge in [-0.25, -0.2) is 18.4 Å². The normalized spacial score (nSPS) is 14.3. The third-order valence-corrected chi connectivity index (χ3v) is 7.07. The van der Waals surface area contributed by atoms with E-state index in [1.807, 2.05) is 0 Å². The number of thiophene rings is 1. The molecule has 1 aromatic heterocycles. The minimum absolute atomic E-state index is 0.0213. The highest BCUT2D eigenvalue weighted by Gasteiger charge is 2.25. The highest BCUT2D eigenvalue weighted by atomic mass is 32.2. The molecule has 7 nitrogen and oxygen atoms in total. The third-order valence-electron chi connectivity index (χ3n) is 4.73. The van der Waals surface area contributed by atoms with Gasteiger partial charge in [0.05, 0.1) is 17.6 Å². The summed E-state index contributed by atoms with van der Waals surface area (Å²) in [4.78, 5) is 13.7. The Bertz CT molecular complexity index is 1010. The number of thiocarbonyl (C=S) groups is 1. The second-order valence-corrected chi connectivity index (χ2v) is 9.84. The molecule has 156 valence electrons. The van der Waals surface area contributed by atoms with Crippen molar-refractivity contribution in [3.05, 3.63) is 40.3 Å². The first-order chi connectivity index (χ1) is 13.8. The van der Waals surface area contributed by atoms with Gasteiger partial charge in [-0.15, -0.1) is 11.3 Å². The molecular weight excluding hydrogens is 430 g/mol. The fourth-order valence-electron chi connectivity index (χ4n) is 3.32. The molecule has 0 fully saturated rings. The highest BCUT2D eigenvalue weighted by molar-refractivity contribution is 7.89. The Labute approximate surface area is 179 Å². The van der Waals surface area contributed by atoms with E-state index in [4.69, 9.17) is 22.1 Å². The fourth-order valence-corrected chi connectivity index (χ4v) is 5.40. The van der Waals surface area contributed by atoms with Crippen LogP contribution in [0, 0.1) is 0 Å². The van der Waals surface area contributed by atoms with Gasteiger partial charge in [0.2, 0.25) is 10.0 Å². The molecule has 0 atom stereocenters. The summed E-state index contributed by atoms with van der Waals surface area (Å²) in [7, 11) is -2.37. The van der Waals surface area contributed by atoms with Gasteiger partial charge < -0.3 is 15.4 Å². The van der Waals surface area contributed by atoms with Crippen LogP contribution in [0.3, 0.4) is 0 Å². The Balaban J connectivity index is 1.80. The van der Waals surface area contributed by atoms with E-state index < -0.39 is 10.0 Å². The van der Waals surface area contributed by atoms with Crippen molar-refractivity contribution < 1.29 is 17.9 Å². The molecular formula is C19H23N3O4S3. The Morgan fingerprint density at radius 1 is 1.10 bits per heavy atom. The van der Waals surface area contributed by atoms with E-state index in [2.05, 4.69) is 10.6 Å². The Morgan fingerprint density at radius 2 is 1.76 bits per heavy atom. The zero-order valence-electron chi connectivity index (χ0n) is 16.0. The van der Waals surface area contributed by atoms with Gasteiger partial charge in [0, 0.05) is 10.6 Å². The van der Waals surface area contributed by atoms with Crippen LogP contribution in [0.15, 0.2) is 29.2 Å². The molecule has 3 rings (SSSR count). The van der Waals surface area contributed by atoms with Crippen LogP contribution < -0.4 is 15.8 Å². The van der Waals surface area contributed by atoms with E-state index in [9.17, 15) is 13.2 Å². The number of nitrogens with one attached hydrogen (secondary N) is 2. The molecule has 4 N–H and O–H groups in total. The summed E-state index contributed by atoms with van der Waals surface area (Å²) in [6.07, 6.45) is 6.31. The number of anilines is 2. The van der Waals surface area contributed by atoms with Crippen LogP contribution in [0.4, 0.5) is 10.7 Å². The maximum atomic E-state index is 12.4. The van der Waals surface area contributed by atoms with E-state index in [0.29, 0.717) is 21.4 Å². The van der Waals surface area contributed by atoms with Gasteiger partial charge >= 0.3 is 5.97 Å². The monoisotopic (exact) mass is 453 g/mol. The Morgan fingerprint density at radius 3 is 2.38 bits per heavy atom. The first kappa shape index (κ1) is 21.7. The average molecular weight is 454 g/mol. The van der Waals surface area contributed by atoms with Gasteiger partial charge in [-0.3, -0.25) is 0 Å². The molecule has 0 unspecified atom stereocenters. The van der Waals surface area contributed by atoms with Crippen molar-refractivity contribution >= 4 is 55.3 Å². The van der Waals surface area contributed by atoms with E-state index in [-0.39, 0.29) is 10.9 Å². The number of esters is 1. The fraction of sp³-hybridized carbons (Fsp3) is 0.368. The van der Waals surface area contributed by atoms with Crippen LogP contribution in [0.25, 0.3) is 0 Å². The van der Waals surface area contributed by atoms with Crippen LogP contribution in [0.1, 0.15) is 46.5 Å². The lowest BCUT2D eigenvalue weighted by atomic mass is 9.96. The number of hydrogen-bond acceptors (Lipinski definition) is 6. The highest BCUT2D eigenvalue weighted by Crippen LogP contribution is 2.37. The number of carbonyl (C=O) groups excluding carboxylic acids is 1. The van der Waals surface area contributed by atoms with Crippen molar-refractivity contribution in [3.8, 4) is 0 Å². The first-order valence-corrected chi connectivity index (χ1v) is 12.0. The minimum Gasteiger partial charge on any atom is -0.465 e. The zero-order chi connectivity index (χ0) is 21.0. The number of primary sulfonamides is 1. The molecule has 0 saturated carbocycles. The van der Waals surface area contributed by atoms with Gasteiger partial charge in [-0.1, -0.05) is 12.8 Å². The van der Waals surface area contributed by atoms with Crippen LogP contribution in [-0.2, 0) is 27.6 Å². The SMILES string of the molecule is COC(=O)c1c(NC(=S)Nc2ccc(S(N)(=O)=O)cc2)sc2c1CCCCCC2. The second-order valence-electron chi connectivity index (χ2n) is 6.76. The molecule has 1 heterocycles. The first-order valence-electron chi connectivity index (χ1n) is 9.23. The minimum atomic E-state index is -3.75. The quantitative estimate of drug-likeness (QED) is 0.479. The Kier molecular flexibility index (Phi) is 6.89. The second kappa shape index (κ2) is 9.21. The van der Waals surface area contributed by atoms with Gasteiger partial charge in [0.25, 0.3) is 0 Å². The summed E-state index contributed by atoms with van der Waals surface area (Å²) < 4.78 is 27.7. The molecule has 0 saturated heterocycles. The van der Waals surface area contributed by atoms with Crippen molar-refractivity contribution in [2.75, 3.05) is 17.7 Å². The molecule has 1 aliphatic carbocycles. The van der Waals surface area contributed by atoms with Gasteiger partial charge in [0.15, 0.2) is 5.11 Å². The van der Waals surface area contributed by atoms with E-state index in [1.54, 1.807) is 12.1 Å². The van der Waals surface area contributed by atoms with Gasteiger partial charge in [0.1, 0.15) is 5.00 Å². The number of rotatable bonds is 4. The summed E-state index contributed by atoms with van der Waals surface area (Å²) in [5.74, 6) is -0.370. The molecule has 0 spiro atoms. The van der Waals surface area contributed by atoms with Crippen LogP contribution in [-0.4, -0.2) is 26.6 Å². The number of sulfonamides is 1. The zero-order valence-corrected chi connectivity index (χ0v) is 18.4. The van der Waals surface area contributed by atoms with Crippen LogP contribution in [0.5, 0.6) is 0 Å². The van der Waals surface area contributed by atoms with Crippen molar-refractivity contribution in [2.45, 2.75) is 43.4 Å². The molecule has 0 amide bonds. The summed E-state index contributed by atoms with van der Waals surface area (Å²) in [6, 6.07) is 5.94. The smallest absolute Gasteiger partial charge is 0.341 e. The predicted molar refractivity (Wildman–Crippen MR) is 119 cm³/mol. The molecule has 1 aliphatic rings. The van der Waals surface area contributed by atoms with Crippen LogP contribution in [0.2, 0.25) is 0 Å². The molecule has 10 heteroatoms. The number of benzene rings is 1. The lowest BCUT2D eigenvalue weighted by Gasteiger charge is -2.12. The number of ether oxygens (including phenoxy) is 1. The topological polar surface area (TPSA) is 111 Å².